The summed E-state index contributed by atoms with van der Waals surface area (Å²) in [6, 6.07) is 21.9. The predicted molar refractivity (Wildman–Crippen MR) is 151 cm³/mol. The van der Waals surface area contributed by atoms with Gasteiger partial charge < -0.3 is 19.8 Å². The summed E-state index contributed by atoms with van der Waals surface area (Å²) >= 11 is 0. The molecular formula is C32H38N2O3. The van der Waals surface area contributed by atoms with Crippen molar-refractivity contribution in [3.05, 3.63) is 83.4 Å². The molecule has 3 atom stereocenters. The quantitative estimate of drug-likeness (QED) is 0.379. The highest BCUT2D eigenvalue weighted by molar-refractivity contribution is 6.00. The second kappa shape index (κ2) is 10.5. The van der Waals surface area contributed by atoms with Gasteiger partial charge in [-0.2, -0.15) is 0 Å². The molecule has 5 heteroatoms. The molecule has 0 aliphatic carbocycles. The number of rotatable bonds is 7. The van der Waals surface area contributed by atoms with E-state index in [1.807, 2.05) is 30.3 Å². The molecule has 0 amide bonds. The van der Waals surface area contributed by atoms with E-state index in [2.05, 4.69) is 61.8 Å². The van der Waals surface area contributed by atoms with Crippen LogP contribution in [-0.4, -0.2) is 47.4 Å². The first-order valence-electron chi connectivity index (χ1n) is 13.4. The van der Waals surface area contributed by atoms with Gasteiger partial charge in [0.05, 0.1) is 6.04 Å². The summed E-state index contributed by atoms with van der Waals surface area (Å²) in [6.07, 6.45) is 1.27. The normalized spacial score (nSPS) is 20.7. The van der Waals surface area contributed by atoms with E-state index in [-0.39, 0.29) is 17.5 Å². The van der Waals surface area contributed by atoms with E-state index in [0.717, 1.165) is 64.8 Å². The largest absolute Gasteiger partial charge is 0.508 e. The fraction of sp³-hybridized carbons (Fsp3) is 0.375. The minimum absolute atomic E-state index is 0.0390. The van der Waals surface area contributed by atoms with Crippen LogP contribution >= 0.6 is 0 Å². The van der Waals surface area contributed by atoms with Crippen LogP contribution in [-0.2, 0) is 0 Å². The van der Waals surface area contributed by atoms with Gasteiger partial charge in [-0.25, -0.2) is 0 Å². The Balaban J connectivity index is 1.47. The lowest BCUT2D eigenvalue weighted by atomic mass is 9.81. The number of aromatic hydroxyl groups is 2. The van der Waals surface area contributed by atoms with Crippen LogP contribution in [0.4, 0.5) is 5.69 Å². The Morgan fingerprint density at radius 1 is 1.00 bits per heavy atom. The molecule has 0 bridgehead atoms. The molecule has 194 valence electrons. The van der Waals surface area contributed by atoms with Crippen LogP contribution in [0.25, 0.3) is 11.1 Å². The molecule has 2 aliphatic rings. The molecule has 2 N–H and O–H groups in total. The molecule has 0 saturated carbocycles. The van der Waals surface area contributed by atoms with Crippen molar-refractivity contribution in [1.82, 2.24) is 4.90 Å². The number of likely N-dealkylation sites (tertiary alicyclic amines) is 1. The second-order valence-electron chi connectivity index (χ2n) is 10.6. The van der Waals surface area contributed by atoms with E-state index in [0.29, 0.717) is 12.6 Å². The topological polar surface area (TPSA) is 56.2 Å². The van der Waals surface area contributed by atoms with Crippen molar-refractivity contribution in [1.29, 1.82) is 0 Å². The molecule has 37 heavy (non-hydrogen) atoms. The summed E-state index contributed by atoms with van der Waals surface area (Å²) in [4.78, 5) is 4.89. The fourth-order valence-electron chi connectivity index (χ4n) is 5.91. The molecule has 2 heterocycles. The number of likely N-dealkylation sites (N-methyl/N-ethyl adjacent to an activating group) is 1. The first-order valence-corrected chi connectivity index (χ1v) is 13.4. The SMILES string of the molecule is CCN1c2ccc(O)cc2C(C)=C(c2cccc(O)c2)C1c1ccc(OCC(C)N2CCC(C)C2)cc1. The van der Waals surface area contributed by atoms with Crippen LogP contribution in [0.5, 0.6) is 17.2 Å². The number of benzene rings is 3. The highest BCUT2D eigenvalue weighted by Crippen LogP contribution is 2.50. The van der Waals surface area contributed by atoms with Gasteiger partial charge in [-0.1, -0.05) is 31.2 Å². The van der Waals surface area contributed by atoms with Gasteiger partial charge in [0.25, 0.3) is 0 Å². The van der Waals surface area contributed by atoms with E-state index in [9.17, 15) is 10.2 Å². The van der Waals surface area contributed by atoms with Crippen LogP contribution in [0.15, 0.2) is 66.7 Å². The number of anilines is 1. The third kappa shape index (κ3) is 5.05. The summed E-state index contributed by atoms with van der Waals surface area (Å²) in [5, 5.41) is 20.5. The van der Waals surface area contributed by atoms with Crippen molar-refractivity contribution in [3.8, 4) is 17.2 Å². The Bertz CT molecular complexity index is 1280. The highest BCUT2D eigenvalue weighted by atomic mass is 16.5. The minimum Gasteiger partial charge on any atom is -0.508 e. The van der Waals surface area contributed by atoms with E-state index in [1.54, 1.807) is 12.1 Å². The van der Waals surface area contributed by atoms with Crippen LogP contribution in [0, 0.1) is 5.92 Å². The maximum Gasteiger partial charge on any atom is 0.119 e. The first-order chi connectivity index (χ1) is 17.9. The zero-order chi connectivity index (χ0) is 26.1. The minimum atomic E-state index is -0.0390. The van der Waals surface area contributed by atoms with E-state index in [4.69, 9.17) is 4.74 Å². The first kappa shape index (κ1) is 25.2. The molecule has 0 radical (unpaired) electrons. The van der Waals surface area contributed by atoms with E-state index < -0.39 is 0 Å². The zero-order valence-electron chi connectivity index (χ0n) is 22.3. The average Bonchev–Trinajstić information content (AvgIpc) is 3.34. The number of phenols is 2. The van der Waals surface area contributed by atoms with Crippen LogP contribution < -0.4 is 9.64 Å². The number of hydrogen-bond donors (Lipinski definition) is 2. The third-order valence-electron chi connectivity index (χ3n) is 7.95. The molecule has 0 aromatic heterocycles. The molecule has 5 nitrogen and oxygen atoms in total. The molecule has 3 unspecified atom stereocenters. The summed E-state index contributed by atoms with van der Waals surface area (Å²) in [6.45, 7) is 12.6. The van der Waals surface area contributed by atoms with Crippen molar-refractivity contribution < 1.29 is 14.9 Å². The molecule has 3 aromatic carbocycles. The summed E-state index contributed by atoms with van der Waals surface area (Å²) in [7, 11) is 0. The van der Waals surface area contributed by atoms with Gasteiger partial charge in [-0.15, -0.1) is 0 Å². The van der Waals surface area contributed by atoms with Gasteiger partial charge in [0.15, 0.2) is 0 Å². The average molecular weight is 499 g/mol. The van der Waals surface area contributed by atoms with Gasteiger partial charge in [-0.3, -0.25) is 4.90 Å². The molecule has 1 saturated heterocycles. The van der Waals surface area contributed by atoms with Crippen molar-refractivity contribution >= 4 is 16.8 Å². The third-order valence-corrected chi connectivity index (χ3v) is 7.95. The Kier molecular flexibility index (Phi) is 7.16. The van der Waals surface area contributed by atoms with Gasteiger partial charge in [0, 0.05) is 30.4 Å². The molecule has 0 spiro atoms. The van der Waals surface area contributed by atoms with Crippen LogP contribution in [0.3, 0.4) is 0 Å². The van der Waals surface area contributed by atoms with Crippen molar-refractivity contribution in [2.45, 2.75) is 46.2 Å². The second-order valence-corrected chi connectivity index (χ2v) is 10.6. The number of hydrogen-bond acceptors (Lipinski definition) is 5. The van der Waals surface area contributed by atoms with Crippen molar-refractivity contribution in [2.24, 2.45) is 5.92 Å². The maximum absolute atomic E-state index is 10.3. The highest BCUT2D eigenvalue weighted by Gasteiger charge is 2.33. The predicted octanol–water partition coefficient (Wildman–Crippen LogP) is 6.72. The van der Waals surface area contributed by atoms with Crippen molar-refractivity contribution in [3.63, 3.8) is 0 Å². The molecule has 3 aromatic rings. The molecule has 5 rings (SSSR count). The van der Waals surface area contributed by atoms with E-state index >= 15 is 0 Å². The lowest BCUT2D eigenvalue weighted by Gasteiger charge is -2.41. The summed E-state index contributed by atoms with van der Waals surface area (Å²) in [5.74, 6) is 2.14. The molecule has 1 fully saturated rings. The summed E-state index contributed by atoms with van der Waals surface area (Å²) < 4.78 is 6.20. The van der Waals surface area contributed by atoms with Gasteiger partial charge >= 0.3 is 0 Å². The summed E-state index contributed by atoms with van der Waals surface area (Å²) in [5.41, 5.74) is 6.47. The fourth-order valence-corrected chi connectivity index (χ4v) is 5.91. The number of allylic oxidation sites excluding steroid dienone is 1. The van der Waals surface area contributed by atoms with E-state index in [1.165, 1.54) is 6.42 Å². The number of ether oxygens (including phenoxy) is 1. The monoisotopic (exact) mass is 498 g/mol. The Morgan fingerprint density at radius 3 is 2.43 bits per heavy atom. The molecule has 2 aliphatic heterocycles. The Hall–Kier alpha value is -3.44. The maximum atomic E-state index is 10.3. The number of phenolic OH excluding ortho intramolecular Hbond substituents is 2. The van der Waals surface area contributed by atoms with Crippen LogP contribution in [0.1, 0.15) is 56.8 Å². The molecular weight excluding hydrogens is 460 g/mol. The standard InChI is InChI=1S/C32H38N2O3/c1-5-34-30-14-11-27(36)18-29(30)23(4)31(25-7-6-8-26(35)17-25)32(34)24-9-12-28(13-10-24)37-20-22(3)33-16-15-21(2)19-33/h6-14,17-18,21-22,32,35-36H,5,15-16,19-20H2,1-4H3. The van der Waals surface area contributed by atoms with Crippen LogP contribution in [0.2, 0.25) is 0 Å². The van der Waals surface area contributed by atoms with Gasteiger partial charge in [-0.05, 0) is 104 Å². The number of nitrogens with zero attached hydrogens (tertiary/aromatic N) is 2. The van der Waals surface area contributed by atoms with Gasteiger partial charge in [0.2, 0.25) is 0 Å². The Morgan fingerprint density at radius 2 is 1.76 bits per heavy atom. The van der Waals surface area contributed by atoms with Crippen molar-refractivity contribution in [2.75, 3.05) is 31.1 Å². The van der Waals surface area contributed by atoms with Gasteiger partial charge in [0.1, 0.15) is 23.9 Å². The number of fused-ring (bicyclic) bond motifs is 1. The smallest absolute Gasteiger partial charge is 0.119 e. The zero-order valence-corrected chi connectivity index (χ0v) is 22.3. The Labute approximate surface area is 220 Å². The lowest BCUT2D eigenvalue weighted by Crippen LogP contribution is -2.35. The lowest BCUT2D eigenvalue weighted by molar-refractivity contribution is 0.169.